The van der Waals surface area contributed by atoms with Crippen molar-refractivity contribution in [1.82, 2.24) is 0 Å². The topological polar surface area (TPSA) is 221 Å². The first-order valence-corrected chi connectivity index (χ1v) is 31.7. The van der Waals surface area contributed by atoms with Gasteiger partial charge in [0.05, 0.1) is 39.3 Å². The second-order valence-corrected chi connectivity index (χ2v) is 34.7. The average molecular weight is 709 g/mol. The maximum atomic E-state index is 7.38. The molecule has 0 aromatic rings. The molecule has 1 rings (SSSR count). The Morgan fingerprint density at radius 2 is 0.405 bits per heavy atom. The third-order valence-corrected chi connectivity index (χ3v) is 36.2. The predicted octanol–water partition coefficient (Wildman–Crippen LogP) is -1.68. The molecule has 0 aromatic heterocycles. The van der Waals surface area contributed by atoms with Gasteiger partial charge >= 0.3 is 51.4 Å². The Balaban J connectivity index is 3.88. The molecule has 1 saturated heterocycles. The molecule has 12 nitrogen and oxygen atoms in total. The molecule has 0 saturated carbocycles. The van der Waals surface area contributed by atoms with Gasteiger partial charge < -0.3 is 59.1 Å². The highest BCUT2D eigenvalue weighted by Gasteiger charge is 2.57. The maximum absolute atomic E-state index is 7.38. The Hall–Kier alpha value is 0.821. The van der Waals surface area contributed by atoms with Crippen LogP contribution in [0.5, 0.6) is 0 Å². The predicted molar refractivity (Wildman–Crippen MR) is 179 cm³/mol. The Morgan fingerprint density at radius 1 is 0.286 bits per heavy atom. The molecule has 1 aliphatic rings. The fraction of sp³-hybridized carbons (Fsp3) is 1.00. The molecule has 0 unspecified atom stereocenters. The number of hydrogen-bond acceptors (Lipinski definition) is 6. The summed E-state index contributed by atoms with van der Waals surface area (Å²) < 4.78 is 44.3. The van der Waals surface area contributed by atoms with Gasteiger partial charge in [-0.3, -0.25) is 0 Å². The van der Waals surface area contributed by atoms with E-state index in [1.165, 1.54) is 0 Å². The minimum absolute atomic E-state index is 0.847. The maximum Gasteiger partial charge on any atom is 0.317 e. The lowest BCUT2D eigenvalue weighted by Gasteiger charge is -2.50. The lowest BCUT2D eigenvalue weighted by molar-refractivity contribution is -0.368. The molecule has 1 fully saturated rings. The summed E-state index contributed by atoms with van der Waals surface area (Å²) in [4.78, 5) is 0. The molecule has 0 atom stereocenters. The van der Waals surface area contributed by atoms with Crippen molar-refractivity contribution in [3.63, 3.8) is 0 Å². The number of rotatable bonds is 18. The van der Waals surface area contributed by atoms with Crippen LogP contribution < -0.4 is 34.4 Å². The molecule has 18 N–H and O–H groups in total. The zero-order valence-corrected chi connectivity index (χ0v) is 34.4. The summed E-state index contributed by atoms with van der Waals surface area (Å²) in [5.41, 5.74) is 24.9. The van der Waals surface area contributed by atoms with Crippen molar-refractivity contribution in [1.29, 1.82) is 0 Å². The molecule has 0 amide bonds. The van der Waals surface area contributed by atoms with Gasteiger partial charge in [-0.1, -0.05) is 0 Å². The van der Waals surface area contributed by atoms with Crippen molar-refractivity contribution in [3.05, 3.63) is 0 Å². The van der Waals surface area contributed by atoms with E-state index in [9.17, 15) is 0 Å². The van der Waals surface area contributed by atoms with Crippen LogP contribution in [0.1, 0.15) is 38.5 Å². The van der Waals surface area contributed by atoms with E-state index in [2.05, 4.69) is 73.7 Å². The highest BCUT2D eigenvalue weighted by atomic mass is 28.5. The normalized spacial score (nSPS) is 36.9. The van der Waals surface area contributed by atoms with E-state index in [1.54, 1.807) is 0 Å². The third kappa shape index (κ3) is 14.5. The van der Waals surface area contributed by atoms with Crippen molar-refractivity contribution >= 4 is 51.4 Å². The first-order valence-electron chi connectivity index (χ1n) is 16.6. The van der Waals surface area contributed by atoms with Crippen LogP contribution in [0.4, 0.5) is 0 Å². The largest absolute Gasteiger partial charge is 0.416 e. The van der Waals surface area contributed by atoms with Crippen molar-refractivity contribution in [2.24, 2.45) is 0 Å². The Labute approximate surface area is 263 Å². The average Bonchev–Trinajstić information content (AvgIpc) is 2.89. The van der Waals surface area contributed by atoms with E-state index >= 15 is 0 Å². The Bertz CT molecular complexity index is 600. The van der Waals surface area contributed by atoms with E-state index in [1.807, 2.05) is 0 Å². The molecular formula is C24H72N6O6Si6+6. The highest BCUT2D eigenvalue weighted by molar-refractivity contribution is 6.94. The summed E-state index contributed by atoms with van der Waals surface area (Å²) in [7, 11) is -16.5. The lowest BCUT2D eigenvalue weighted by Crippen LogP contribution is -2.68. The zero-order chi connectivity index (χ0) is 32.0. The van der Waals surface area contributed by atoms with Gasteiger partial charge in [-0.2, -0.15) is 0 Å². The summed E-state index contributed by atoms with van der Waals surface area (Å²) in [5, 5.41) is 0. The van der Waals surface area contributed by atoms with Gasteiger partial charge in [-0.15, -0.1) is 0 Å². The van der Waals surface area contributed by atoms with Gasteiger partial charge in [-0.25, -0.2) is 0 Å². The molecule has 0 aliphatic carbocycles. The number of hydrogen-bond donors (Lipinski definition) is 6. The van der Waals surface area contributed by atoms with Gasteiger partial charge in [0.15, 0.2) is 0 Å². The molecule has 0 spiro atoms. The second kappa shape index (κ2) is 18.8. The van der Waals surface area contributed by atoms with Crippen LogP contribution in [0.2, 0.25) is 75.5 Å². The monoisotopic (exact) mass is 708 g/mol. The van der Waals surface area contributed by atoms with Crippen molar-refractivity contribution in [2.75, 3.05) is 39.3 Å². The van der Waals surface area contributed by atoms with Gasteiger partial charge in [0.2, 0.25) is 0 Å². The van der Waals surface area contributed by atoms with E-state index < -0.39 is 51.4 Å². The van der Waals surface area contributed by atoms with E-state index in [4.69, 9.17) is 24.7 Å². The van der Waals surface area contributed by atoms with Gasteiger partial charge in [0, 0.05) is 0 Å². The highest BCUT2D eigenvalue weighted by Crippen LogP contribution is 2.39. The third-order valence-electron chi connectivity index (χ3n) is 7.88. The molecular weight excluding hydrogens is 637 g/mol. The zero-order valence-electron chi connectivity index (χ0n) is 28.4. The van der Waals surface area contributed by atoms with Crippen LogP contribution in [-0.2, 0) is 24.7 Å². The first kappa shape index (κ1) is 40.8. The van der Waals surface area contributed by atoms with E-state index in [0.717, 1.165) is 114 Å². The van der Waals surface area contributed by atoms with Crippen molar-refractivity contribution in [2.45, 2.75) is 114 Å². The lowest BCUT2D eigenvalue weighted by atomic mass is 10.5. The molecule has 0 aromatic carbocycles. The van der Waals surface area contributed by atoms with Gasteiger partial charge in [-0.05, 0) is 114 Å². The van der Waals surface area contributed by atoms with E-state index in [-0.39, 0.29) is 0 Å². The summed E-state index contributed by atoms with van der Waals surface area (Å²) in [5.74, 6) is 0. The molecule has 18 heteroatoms. The summed E-state index contributed by atoms with van der Waals surface area (Å²) in [6.45, 7) is 18.5. The van der Waals surface area contributed by atoms with Crippen molar-refractivity contribution < 1.29 is 59.1 Å². The quantitative estimate of drug-likeness (QED) is 0.0913. The van der Waals surface area contributed by atoms with Crippen LogP contribution in [0, 0.1) is 0 Å². The first-order chi connectivity index (χ1) is 19.6. The minimum Gasteiger partial charge on any atom is -0.416 e. The summed E-state index contributed by atoms with van der Waals surface area (Å²) in [6, 6.07) is 5.22. The molecule has 42 heavy (non-hydrogen) atoms. The van der Waals surface area contributed by atoms with Crippen LogP contribution in [0.15, 0.2) is 0 Å². The molecule has 252 valence electrons. The van der Waals surface area contributed by atoms with Crippen LogP contribution >= 0.6 is 0 Å². The van der Waals surface area contributed by atoms with Crippen LogP contribution in [-0.4, -0.2) is 90.6 Å². The van der Waals surface area contributed by atoms with Crippen LogP contribution in [0.3, 0.4) is 0 Å². The van der Waals surface area contributed by atoms with Crippen LogP contribution in [0.25, 0.3) is 0 Å². The van der Waals surface area contributed by atoms with Crippen molar-refractivity contribution in [3.8, 4) is 0 Å². The fourth-order valence-electron chi connectivity index (χ4n) is 6.15. The smallest absolute Gasteiger partial charge is 0.317 e. The number of quaternary nitrogens is 6. The fourth-order valence-corrected chi connectivity index (χ4v) is 41.6. The summed E-state index contributed by atoms with van der Waals surface area (Å²) >= 11 is 0. The Kier molecular flexibility index (Phi) is 18.3. The van der Waals surface area contributed by atoms with E-state index in [0.29, 0.717) is 0 Å². The molecule has 0 bridgehead atoms. The molecule has 1 heterocycles. The standard InChI is InChI=1S/C24H66N6O6Si6/c1-37(19-7-13-25)31-38(2,20-8-14-26)33-40(4,22-10-16-28)35-42(6,24-12-18-30)36-41(5,23-11-17-29)34-39(3,32-37)21-9-15-27/h7-30H2,1-6H3/p+6. The second-order valence-electron chi connectivity index (χ2n) is 13.2. The van der Waals surface area contributed by atoms with Gasteiger partial charge in [0.25, 0.3) is 0 Å². The summed E-state index contributed by atoms with van der Waals surface area (Å²) in [6.07, 6.45) is 5.74. The van der Waals surface area contributed by atoms with Gasteiger partial charge in [0.1, 0.15) is 0 Å². The Morgan fingerprint density at radius 3 is 0.500 bits per heavy atom. The molecule has 0 radical (unpaired) electrons. The molecule has 1 aliphatic heterocycles. The SMILES string of the molecule is C[Si]1(CCC[NH3+])O[Si](C)(CCC[NH3+])O[Si](C)(CCC[NH3+])O[Si](C)(CCC[NH3+])O[Si](C)(CCC[NH3+])O[Si](C)(CCC[NH3+])O1. The minimum atomic E-state index is -2.74.